The molecule has 1 aliphatic heterocycles. The average molecular weight is 261 g/mol. The molecular formula is C12H11N3O4. The predicted octanol–water partition coefficient (Wildman–Crippen LogP) is 0.00440. The fourth-order valence-corrected chi connectivity index (χ4v) is 1.72. The van der Waals surface area contributed by atoms with Crippen LogP contribution in [-0.4, -0.2) is 23.8 Å². The Labute approximate surface area is 108 Å². The number of nitrogens with one attached hydrogen (secondary N) is 1. The van der Waals surface area contributed by atoms with Crippen LogP contribution in [-0.2, 0) is 9.59 Å². The van der Waals surface area contributed by atoms with Crippen molar-refractivity contribution in [2.75, 3.05) is 4.90 Å². The molecule has 7 nitrogen and oxygen atoms in total. The molecule has 0 aromatic heterocycles. The summed E-state index contributed by atoms with van der Waals surface area (Å²) in [5, 5.41) is 2.07. The van der Waals surface area contributed by atoms with E-state index in [1.807, 2.05) is 0 Å². The van der Waals surface area contributed by atoms with Crippen LogP contribution in [0.1, 0.15) is 17.3 Å². The molecule has 0 saturated carbocycles. The largest absolute Gasteiger partial charge is 0.366 e. The molecule has 98 valence electrons. The molecule has 2 rings (SSSR count). The molecule has 19 heavy (non-hydrogen) atoms. The van der Waals surface area contributed by atoms with Crippen molar-refractivity contribution >= 4 is 29.4 Å². The molecule has 0 radical (unpaired) electrons. The number of urea groups is 1. The number of primary amides is 1. The maximum absolute atomic E-state index is 12.0. The monoisotopic (exact) mass is 261 g/mol. The SMILES string of the molecule is CC1C(=O)NC(=O)N(c2cccc(C(N)=O)c2)C1=O. The standard InChI is InChI=1S/C12H11N3O4/c1-6-10(17)14-12(19)15(11(6)18)8-4-2-3-7(5-8)9(13)16/h2-6H,1H3,(H2,13,16)(H,14,17,19). The van der Waals surface area contributed by atoms with Crippen molar-refractivity contribution < 1.29 is 19.2 Å². The zero-order chi connectivity index (χ0) is 14.2. The Morgan fingerprint density at radius 2 is 2.00 bits per heavy atom. The molecule has 0 bridgehead atoms. The van der Waals surface area contributed by atoms with Gasteiger partial charge in [0.05, 0.1) is 5.69 Å². The molecule has 1 aromatic carbocycles. The Hall–Kier alpha value is -2.70. The summed E-state index contributed by atoms with van der Waals surface area (Å²) in [5.74, 6) is -2.92. The van der Waals surface area contributed by atoms with Crippen LogP contribution in [0.25, 0.3) is 0 Å². The Balaban J connectivity index is 2.43. The van der Waals surface area contributed by atoms with Crippen LogP contribution in [0.15, 0.2) is 24.3 Å². The molecule has 0 spiro atoms. The van der Waals surface area contributed by atoms with Crippen molar-refractivity contribution in [3.63, 3.8) is 0 Å². The molecule has 5 amide bonds. The van der Waals surface area contributed by atoms with Gasteiger partial charge in [-0.2, -0.15) is 0 Å². The normalized spacial score (nSPS) is 19.3. The van der Waals surface area contributed by atoms with Crippen molar-refractivity contribution in [2.24, 2.45) is 11.7 Å². The zero-order valence-corrected chi connectivity index (χ0v) is 10.0. The van der Waals surface area contributed by atoms with E-state index in [2.05, 4.69) is 5.32 Å². The van der Waals surface area contributed by atoms with Crippen molar-refractivity contribution in [2.45, 2.75) is 6.92 Å². The number of hydrogen-bond acceptors (Lipinski definition) is 4. The first-order chi connectivity index (χ1) is 8.91. The van der Waals surface area contributed by atoms with Crippen LogP contribution < -0.4 is 16.0 Å². The minimum Gasteiger partial charge on any atom is -0.366 e. The highest BCUT2D eigenvalue weighted by Gasteiger charge is 2.38. The number of imide groups is 2. The van der Waals surface area contributed by atoms with Crippen LogP contribution in [0.4, 0.5) is 10.5 Å². The average Bonchev–Trinajstić information content (AvgIpc) is 2.36. The fourth-order valence-electron chi connectivity index (χ4n) is 1.72. The van der Waals surface area contributed by atoms with Crippen LogP contribution in [0.5, 0.6) is 0 Å². The molecule has 7 heteroatoms. The Morgan fingerprint density at radius 3 is 2.63 bits per heavy atom. The smallest absolute Gasteiger partial charge is 0.335 e. The number of amides is 5. The minimum absolute atomic E-state index is 0.169. The van der Waals surface area contributed by atoms with Gasteiger partial charge in [-0.05, 0) is 25.1 Å². The van der Waals surface area contributed by atoms with Crippen LogP contribution in [0.2, 0.25) is 0 Å². The second-order valence-electron chi connectivity index (χ2n) is 4.10. The lowest BCUT2D eigenvalue weighted by atomic mass is 10.1. The highest BCUT2D eigenvalue weighted by molar-refractivity contribution is 6.27. The number of benzene rings is 1. The lowest BCUT2D eigenvalue weighted by molar-refractivity contribution is -0.133. The summed E-state index contributed by atoms with van der Waals surface area (Å²) in [7, 11) is 0. The fraction of sp³-hybridized carbons (Fsp3) is 0.167. The second-order valence-corrected chi connectivity index (χ2v) is 4.10. The molecule has 1 unspecified atom stereocenters. The van der Waals surface area contributed by atoms with Crippen LogP contribution in [0.3, 0.4) is 0 Å². The molecule has 1 aliphatic rings. The highest BCUT2D eigenvalue weighted by Crippen LogP contribution is 2.21. The van der Waals surface area contributed by atoms with Crippen molar-refractivity contribution in [3.8, 4) is 0 Å². The molecule has 1 saturated heterocycles. The summed E-state index contributed by atoms with van der Waals surface area (Å²) >= 11 is 0. The third kappa shape index (κ3) is 2.17. The number of carbonyl (C=O) groups is 4. The predicted molar refractivity (Wildman–Crippen MR) is 65.1 cm³/mol. The van der Waals surface area contributed by atoms with Gasteiger partial charge in [0.2, 0.25) is 17.7 Å². The third-order valence-electron chi connectivity index (χ3n) is 2.81. The first kappa shape index (κ1) is 12.7. The van der Waals surface area contributed by atoms with E-state index in [9.17, 15) is 19.2 Å². The lowest BCUT2D eigenvalue weighted by Gasteiger charge is -2.28. The van der Waals surface area contributed by atoms with Crippen LogP contribution >= 0.6 is 0 Å². The topological polar surface area (TPSA) is 110 Å². The highest BCUT2D eigenvalue weighted by atomic mass is 16.2. The van der Waals surface area contributed by atoms with Gasteiger partial charge in [-0.3, -0.25) is 19.7 Å². The maximum atomic E-state index is 12.0. The van der Waals surface area contributed by atoms with E-state index in [0.717, 1.165) is 4.90 Å². The number of anilines is 1. The summed E-state index contributed by atoms with van der Waals surface area (Å²) < 4.78 is 0. The van der Waals surface area contributed by atoms with Gasteiger partial charge in [-0.25, -0.2) is 9.69 Å². The Kier molecular flexibility index (Phi) is 3.04. The lowest BCUT2D eigenvalue weighted by Crippen LogP contribution is -2.57. The van der Waals surface area contributed by atoms with Gasteiger partial charge in [-0.15, -0.1) is 0 Å². The Bertz CT molecular complexity index is 596. The molecule has 0 aliphatic carbocycles. The van der Waals surface area contributed by atoms with Crippen molar-refractivity contribution in [1.82, 2.24) is 5.32 Å². The second kappa shape index (κ2) is 4.52. The molecule has 1 fully saturated rings. The summed E-state index contributed by atoms with van der Waals surface area (Å²) in [6.45, 7) is 1.40. The van der Waals surface area contributed by atoms with Crippen LogP contribution in [0, 0.1) is 5.92 Å². The molecular weight excluding hydrogens is 250 g/mol. The summed E-state index contributed by atoms with van der Waals surface area (Å²) in [4.78, 5) is 46.9. The van der Waals surface area contributed by atoms with Gasteiger partial charge in [0.1, 0.15) is 5.92 Å². The summed E-state index contributed by atoms with van der Waals surface area (Å²) in [6, 6.07) is 4.92. The number of nitrogens with zero attached hydrogens (tertiary/aromatic N) is 1. The number of nitrogens with two attached hydrogens (primary N) is 1. The quantitative estimate of drug-likeness (QED) is 0.730. The minimum atomic E-state index is -0.963. The summed E-state index contributed by atoms with van der Waals surface area (Å²) in [6.07, 6.45) is 0. The summed E-state index contributed by atoms with van der Waals surface area (Å²) in [5.41, 5.74) is 5.50. The number of hydrogen-bond donors (Lipinski definition) is 2. The van der Waals surface area contributed by atoms with Gasteiger partial charge in [0, 0.05) is 5.56 Å². The Morgan fingerprint density at radius 1 is 1.32 bits per heavy atom. The van der Waals surface area contributed by atoms with E-state index in [1.165, 1.54) is 31.2 Å². The maximum Gasteiger partial charge on any atom is 0.335 e. The van der Waals surface area contributed by atoms with E-state index in [-0.39, 0.29) is 11.3 Å². The van der Waals surface area contributed by atoms with E-state index in [4.69, 9.17) is 5.73 Å². The van der Waals surface area contributed by atoms with E-state index in [0.29, 0.717) is 0 Å². The van der Waals surface area contributed by atoms with Crippen molar-refractivity contribution in [1.29, 1.82) is 0 Å². The third-order valence-corrected chi connectivity index (χ3v) is 2.81. The van der Waals surface area contributed by atoms with E-state index in [1.54, 1.807) is 0 Å². The molecule has 3 N–H and O–H groups in total. The van der Waals surface area contributed by atoms with Gasteiger partial charge >= 0.3 is 6.03 Å². The molecule has 1 heterocycles. The number of rotatable bonds is 2. The van der Waals surface area contributed by atoms with E-state index >= 15 is 0 Å². The van der Waals surface area contributed by atoms with Crippen molar-refractivity contribution in [3.05, 3.63) is 29.8 Å². The number of carbonyl (C=O) groups excluding carboxylic acids is 4. The van der Waals surface area contributed by atoms with Gasteiger partial charge < -0.3 is 5.73 Å². The van der Waals surface area contributed by atoms with E-state index < -0.39 is 29.7 Å². The van der Waals surface area contributed by atoms with Gasteiger partial charge in [0.15, 0.2) is 0 Å². The first-order valence-corrected chi connectivity index (χ1v) is 5.50. The molecule has 1 atom stereocenters. The molecule has 1 aromatic rings. The van der Waals surface area contributed by atoms with Gasteiger partial charge in [-0.1, -0.05) is 6.07 Å². The first-order valence-electron chi connectivity index (χ1n) is 5.50. The zero-order valence-electron chi connectivity index (χ0n) is 10.0. The van der Waals surface area contributed by atoms with Gasteiger partial charge in [0.25, 0.3) is 0 Å². The number of barbiturate groups is 1.